The number of para-hydroxylation sites is 1. The van der Waals surface area contributed by atoms with Crippen molar-refractivity contribution in [3.8, 4) is 0 Å². The van der Waals surface area contributed by atoms with E-state index in [0.717, 1.165) is 6.07 Å². The summed E-state index contributed by atoms with van der Waals surface area (Å²) >= 11 is 12.0. The van der Waals surface area contributed by atoms with Gasteiger partial charge in [0.15, 0.2) is 5.78 Å². The molecule has 0 aliphatic carbocycles. The molecule has 0 spiro atoms. The Morgan fingerprint density at radius 1 is 1.05 bits per heavy atom. The van der Waals surface area contributed by atoms with Crippen molar-refractivity contribution >= 4 is 39.9 Å². The van der Waals surface area contributed by atoms with Crippen molar-refractivity contribution in [3.63, 3.8) is 0 Å². The number of rotatable bonds is 2. The lowest BCUT2D eigenvalue weighted by Gasteiger charge is -2.03. The first-order valence-electron chi connectivity index (χ1n) is 5.83. The Balaban J connectivity index is 2.16. The number of H-pyrrole nitrogens is 1. The fraction of sp³-hybridized carbons (Fsp3) is 0. The Bertz CT molecular complexity index is 826. The molecule has 0 fully saturated rings. The summed E-state index contributed by atoms with van der Waals surface area (Å²) in [5.74, 6) is -0.753. The van der Waals surface area contributed by atoms with E-state index >= 15 is 0 Å². The molecule has 0 aliphatic heterocycles. The third kappa shape index (κ3) is 2.09. The van der Waals surface area contributed by atoms with Gasteiger partial charge in [0.1, 0.15) is 5.82 Å². The molecule has 0 saturated carbocycles. The highest BCUT2D eigenvalue weighted by Crippen LogP contribution is 2.28. The van der Waals surface area contributed by atoms with E-state index in [-0.39, 0.29) is 16.4 Å². The summed E-state index contributed by atoms with van der Waals surface area (Å²) in [4.78, 5) is 15.5. The van der Waals surface area contributed by atoms with E-state index in [9.17, 15) is 9.18 Å². The van der Waals surface area contributed by atoms with Crippen LogP contribution in [0, 0.1) is 5.82 Å². The van der Waals surface area contributed by atoms with Crippen molar-refractivity contribution in [3.05, 3.63) is 69.6 Å². The van der Waals surface area contributed by atoms with E-state index in [2.05, 4.69) is 4.98 Å². The Hall–Kier alpha value is -1.84. The van der Waals surface area contributed by atoms with Gasteiger partial charge in [0.25, 0.3) is 0 Å². The molecule has 0 atom stereocenters. The summed E-state index contributed by atoms with van der Waals surface area (Å²) in [6.45, 7) is 0. The summed E-state index contributed by atoms with van der Waals surface area (Å²) in [5, 5.41) is 1.33. The van der Waals surface area contributed by atoms with Gasteiger partial charge in [-0.1, -0.05) is 35.3 Å². The standard InChI is InChI=1S/C15H8Cl2FNO/c16-12-3-1-2-9-11(7-19-14(9)12)15(20)10-5-4-8(18)6-13(10)17/h1-7,19H. The van der Waals surface area contributed by atoms with E-state index in [4.69, 9.17) is 23.2 Å². The molecule has 3 rings (SSSR count). The third-order valence-electron chi connectivity index (χ3n) is 3.09. The van der Waals surface area contributed by atoms with Gasteiger partial charge in [-0.05, 0) is 24.3 Å². The average Bonchev–Trinajstić information content (AvgIpc) is 2.83. The zero-order chi connectivity index (χ0) is 14.3. The molecular weight excluding hydrogens is 300 g/mol. The number of ketones is 1. The second kappa shape index (κ2) is 4.93. The molecule has 0 radical (unpaired) electrons. The summed E-state index contributed by atoms with van der Waals surface area (Å²) in [5.41, 5.74) is 1.40. The monoisotopic (exact) mass is 307 g/mol. The number of nitrogens with one attached hydrogen (secondary N) is 1. The molecule has 2 nitrogen and oxygen atoms in total. The normalized spacial score (nSPS) is 10.9. The minimum absolute atomic E-state index is 0.0892. The number of hydrogen-bond donors (Lipinski definition) is 1. The average molecular weight is 308 g/mol. The van der Waals surface area contributed by atoms with Crippen LogP contribution in [0.5, 0.6) is 0 Å². The van der Waals surface area contributed by atoms with Gasteiger partial charge in [-0.25, -0.2) is 4.39 Å². The highest BCUT2D eigenvalue weighted by molar-refractivity contribution is 6.37. The van der Waals surface area contributed by atoms with Crippen LogP contribution in [-0.4, -0.2) is 10.8 Å². The van der Waals surface area contributed by atoms with E-state index in [1.54, 1.807) is 24.4 Å². The molecule has 1 heterocycles. The van der Waals surface area contributed by atoms with Crippen LogP contribution in [0.15, 0.2) is 42.6 Å². The molecule has 1 aromatic heterocycles. The molecule has 0 amide bonds. The van der Waals surface area contributed by atoms with E-state index in [0.29, 0.717) is 21.5 Å². The lowest BCUT2D eigenvalue weighted by atomic mass is 10.0. The second-order valence-corrected chi connectivity index (χ2v) is 5.13. The van der Waals surface area contributed by atoms with Crippen LogP contribution in [0.25, 0.3) is 10.9 Å². The van der Waals surface area contributed by atoms with E-state index < -0.39 is 5.82 Å². The maximum atomic E-state index is 13.0. The fourth-order valence-corrected chi connectivity index (χ4v) is 2.61. The van der Waals surface area contributed by atoms with Gasteiger partial charge in [-0.3, -0.25) is 4.79 Å². The minimum atomic E-state index is -0.478. The molecule has 100 valence electrons. The summed E-state index contributed by atoms with van der Waals surface area (Å²) < 4.78 is 13.0. The van der Waals surface area contributed by atoms with Crippen LogP contribution < -0.4 is 0 Å². The van der Waals surface area contributed by atoms with Gasteiger partial charge in [-0.15, -0.1) is 0 Å². The Morgan fingerprint density at radius 3 is 2.60 bits per heavy atom. The number of carbonyl (C=O) groups excluding carboxylic acids is 1. The number of fused-ring (bicyclic) bond motifs is 1. The Kier molecular flexibility index (Phi) is 3.24. The zero-order valence-electron chi connectivity index (χ0n) is 10.1. The van der Waals surface area contributed by atoms with Gasteiger partial charge in [0.05, 0.1) is 15.6 Å². The van der Waals surface area contributed by atoms with Gasteiger partial charge in [0, 0.05) is 22.7 Å². The van der Waals surface area contributed by atoms with Gasteiger partial charge in [-0.2, -0.15) is 0 Å². The van der Waals surface area contributed by atoms with Gasteiger partial charge in [0.2, 0.25) is 0 Å². The third-order valence-corrected chi connectivity index (χ3v) is 3.71. The number of benzene rings is 2. The number of carbonyl (C=O) groups is 1. The van der Waals surface area contributed by atoms with Crippen molar-refractivity contribution in [1.29, 1.82) is 0 Å². The van der Waals surface area contributed by atoms with Crippen LogP contribution in [0.4, 0.5) is 4.39 Å². The molecule has 20 heavy (non-hydrogen) atoms. The quantitative estimate of drug-likeness (QED) is 0.675. The second-order valence-electron chi connectivity index (χ2n) is 4.32. The molecular formula is C15H8Cl2FNO. The summed E-state index contributed by atoms with van der Waals surface area (Å²) in [6, 6.07) is 9.00. The molecule has 1 N–H and O–H groups in total. The van der Waals surface area contributed by atoms with Crippen molar-refractivity contribution < 1.29 is 9.18 Å². The molecule has 5 heteroatoms. The smallest absolute Gasteiger partial charge is 0.196 e. The van der Waals surface area contributed by atoms with Crippen molar-refractivity contribution in [2.75, 3.05) is 0 Å². The molecule has 0 unspecified atom stereocenters. The molecule has 2 aromatic carbocycles. The van der Waals surface area contributed by atoms with Crippen LogP contribution in [0.2, 0.25) is 10.0 Å². The lowest BCUT2D eigenvalue weighted by Crippen LogP contribution is -2.01. The number of aromatic nitrogens is 1. The van der Waals surface area contributed by atoms with E-state index in [1.807, 2.05) is 0 Å². The lowest BCUT2D eigenvalue weighted by molar-refractivity contribution is 0.104. The van der Waals surface area contributed by atoms with Crippen molar-refractivity contribution in [2.45, 2.75) is 0 Å². The maximum Gasteiger partial charge on any atom is 0.196 e. The van der Waals surface area contributed by atoms with Crippen LogP contribution >= 0.6 is 23.2 Å². The first-order valence-corrected chi connectivity index (χ1v) is 6.59. The SMILES string of the molecule is O=C(c1ccc(F)cc1Cl)c1c[nH]c2c(Cl)cccc12. The first kappa shape index (κ1) is 13.2. The number of hydrogen-bond acceptors (Lipinski definition) is 1. The van der Waals surface area contributed by atoms with Gasteiger partial charge >= 0.3 is 0 Å². The molecule has 0 aliphatic rings. The molecule has 3 aromatic rings. The Labute approximate surface area is 124 Å². The predicted octanol–water partition coefficient (Wildman–Crippen LogP) is 4.84. The molecule has 0 saturated heterocycles. The fourth-order valence-electron chi connectivity index (χ4n) is 2.12. The van der Waals surface area contributed by atoms with Crippen LogP contribution in [0.3, 0.4) is 0 Å². The summed E-state index contributed by atoms with van der Waals surface area (Å²) in [7, 11) is 0. The van der Waals surface area contributed by atoms with Gasteiger partial charge < -0.3 is 4.98 Å². The first-order chi connectivity index (χ1) is 9.58. The highest BCUT2D eigenvalue weighted by Gasteiger charge is 2.18. The Morgan fingerprint density at radius 2 is 1.85 bits per heavy atom. The van der Waals surface area contributed by atoms with E-state index in [1.165, 1.54) is 12.1 Å². The number of halogens is 3. The summed E-state index contributed by atoms with van der Waals surface area (Å²) in [6.07, 6.45) is 1.58. The topological polar surface area (TPSA) is 32.9 Å². The minimum Gasteiger partial charge on any atom is -0.359 e. The highest BCUT2D eigenvalue weighted by atomic mass is 35.5. The number of aromatic amines is 1. The van der Waals surface area contributed by atoms with Crippen LogP contribution in [0.1, 0.15) is 15.9 Å². The maximum absolute atomic E-state index is 13.0. The van der Waals surface area contributed by atoms with Crippen molar-refractivity contribution in [2.24, 2.45) is 0 Å². The molecule has 0 bridgehead atoms. The largest absolute Gasteiger partial charge is 0.359 e. The van der Waals surface area contributed by atoms with Crippen molar-refractivity contribution in [1.82, 2.24) is 4.98 Å². The zero-order valence-corrected chi connectivity index (χ0v) is 11.6. The predicted molar refractivity (Wildman–Crippen MR) is 78.2 cm³/mol. The van der Waals surface area contributed by atoms with Crippen LogP contribution in [-0.2, 0) is 0 Å².